The summed E-state index contributed by atoms with van der Waals surface area (Å²) in [5.41, 5.74) is 4.87. The number of hydrogen-bond donors (Lipinski definition) is 1. The van der Waals surface area contributed by atoms with Crippen molar-refractivity contribution in [1.29, 1.82) is 0 Å². The van der Waals surface area contributed by atoms with Crippen LogP contribution in [0.1, 0.15) is 64.6 Å². The lowest BCUT2D eigenvalue weighted by Gasteiger charge is -2.24. The Morgan fingerprint density at radius 2 is 1.73 bits per heavy atom. The van der Waals surface area contributed by atoms with Crippen LogP contribution in [0.4, 0.5) is 0 Å². The summed E-state index contributed by atoms with van der Waals surface area (Å²) < 4.78 is 13.9. The van der Waals surface area contributed by atoms with Crippen molar-refractivity contribution in [2.24, 2.45) is 5.41 Å². The van der Waals surface area contributed by atoms with E-state index in [1.165, 1.54) is 0 Å². The maximum atomic E-state index is 12.4. The van der Waals surface area contributed by atoms with Gasteiger partial charge in [-0.1, -0.05) is 57.2 Å². The van der Waals surface area contributed by atoms with Crippen LogP contribution in [-0.2, 0) is 17.8 Å². The van der Waals surface area contributed by atoms with E-state index < -0.39 is 11.4 Å². The highest BCUT2D eigenvalue weighted by Gasteiger charge is 2.33. The van der Waals surface area contributed by atoms with Gasteiger partial charge in [0.25, 0.3) is 0 Å². The number of carboxylic acids is 1. The monoisotopic (exact) mass is 623 g/mol. The van der Waals surface area contributed by atoms with Crippen molar-refractivity contribution in [3.8, 4) is 22.9 Å². The second-order valence-electron chi connectivity index (χ2n) is 12.9. The number of benzene rings is 2. The molecule has 5 rings (SSSR count). The van der Waals surface area contributed by atoms with Crippen LogP contribution in [0, 0.1) is 5.41 Å². The molecule has 0 saturated heterocycles. The molecule has 0 aliphatic carbocycles. The van der Waals surface area contributed by atoms with Gasteiger partial charge in [-0.25, -0.2) is 4.98 Å². The van der Waals surface area contributed by atoms with Crippen molar-refractivity contribution in [1.82, 2.24) is 14.5 Å². The minimum absolute atomic E-state index is 0.106. The van der Waals surface area contributed by atoms with E-state index in [0.29, 0.717) is 18.8 Å². The number of methoxy groups -OCH3 is 1. The number of pyridine rings is 2. The molecule has 1 N–H and O–H groups in total. The fraction of sp³-hybridized carbons (Fsp3) is 0.324. The van der Waals surface area contributed by atoms with Crippen molar-refractivity contribution in [2.75, 3.05) is 7.11 Å². The summed E-state index contributed by atoms with van der Waals surface area (Å²) in [7, 11) is 1.61. The first-order valence-electron chi connectivity index (χ1n) is 15.1. The first kappa shape index (κ1) is 32.1. The van der Waals surface area contributed by atoms with Gasteiger partial charge in [0, 0.05) is 57.0 Å². The number of aromatic nitrogens is 3. The highest BCUT2D eigenvalue weighted by molar-refractivity contribution is 8.00. The topological polar surface area (TPSA) is 86.5 Å². The Hall–Kier alpha value is -4.30. The molecule has 0 bridgehead atoms. The molecule has 0 amide bonds. The Bertz CT molecular complexity index is 1790. The molecule has 0 aliphatic heterocycles. The first-order valence-corrected chi connectivity index (χ1v) is 15.9. The van der Waals surface area contributed by atoms with Crippen molar-refractivity contribution >= 4 is 28.6 Å². The van der Waals surface area contributed by atoms with Gasteiger partial charge in [-0.2, -0.15) is 0 Å². The zero-order valence-electron chi connectivity index (χ0n) is 27.0. The lowest BCUT2D eigenvalue weighted by molar-refractivity contribution is -0.146. The predicted octanol–water partition coefficient (Wildman–Crippen LogP) is 8.84. The number of carboxylic acid groups (broad SMARTS) is 1. The van der Waals surface area contributed by atoms with Gasteiger partial charge >= 0.3 is 5.97 Å². The van der Waals surface area contributed by atoms with Crippen molar-refractivity contribution in [3.05, 3.63) is 102 Å². The molecule has 0 fully saturated rings. The number of fused-ring (bicyclic) bond motifs is 1. The van der Waals surface area contributed by atoms with Gasteiger partial charge in [0.05, 0.1) is 23.9 Å². The standard InChI is InChI=1S/C37H41N3O4S/c1-24(29-11-8-9-20-38-29)44-27-18-19-31-28(21-27)34(45-36(2,3)4)32(22-37(5,6)35(41)42)40(31)23-25-14-16-26(17-15-25)30-12-10-13-33(39-30)43-7/h8-21,24H,22-23H2,1-7H3,(H,41,42). The summed E-state index contributed by atoms with van der Waals surface area (Å²) in [6, 6.07) is 26.1. The summed E-state index contributed by atoms with van der Waals surface area (Å²) in [6.45, 7) is 12.7. The number of carbonyl (C=O) groups is 1. The summed E-state index contributed by atoms with van der Waals surface area (Å²) in [5.74, 6) is 0.491. The van der Waals surface area contributed by atoms with E-state index in [2.05, 4.69) is 71.7 Å². The number of ether oxygens (including phenoxy) is 2. The van der Waals surface area contributed by atoms with Gasteiger partial charge in [0.15, 0.2) is 0 Å². The van der Waals surface area contributed by atoms with Crippen LogP contribution in [0.3, 0.4) is 0 Å². The lowest BCUT2D eigenvalue weighted by Crippen LogP contribution is -2.28. The van der Waals surface area contributed by atoms with E-state index in [1.807, 2.05) is 49.4 Å². The number of aliphatic carboxylic acids is 1. The SMILES string of the molecule is COc1cccc(-c2ccc(Cn3c(CC(C)(C)C(=O)O)c(SC(C)(C)C)c4cc(OC(C)c5ccccn5)ccc43)cc2)n1. The normalized spacial score (nSPS) is 12.7. The maximum absolute atomic E-state index is 12.4. The predicted molar refractivity (Wildman–Crippen MR) is 181 cm³/mol. The third-order valence-corrected chi connectivity index (χ3v) is 8.90. The highest BCUT2D eigenvalue weighted by atomic mass is 32.2. The molecule has 0 radical (unpaired) electrons. The number of thioether (sulfide) groups is 1. The second kappa shape index (κ2) is 13.0. The molecule has 1 unspecified atom stereocenters. The van der Waals surface area contributed by atoms with Gasteiger partial charge in [-0.05, 0) is 62.7 Å². The van der Waals surface area contributed by atoms with Gasteiger partial charge in [-0.15, -0.1) is 11.8 Å². The smallest absolute Gasteiger partial charge is 0.309 e. The molecule has 0 saturated carbocycles. The van der Waals surface area contributed by atoms with Gasteiger partial charge in [-0.3, -0.25) is 9.78 Å². The highest BCUT2D eigenvalue weighted by Crippen LogP contribution is 2.44. The van der Waals surface area contributed by atoms with E-state index in [9.17, 15) is 9.90 Å². The van der Waals surface area contributed by atoms with E-state index >= 15 is 0 Å². The molecule has 7 nitrogen and oxygen atoms in total. The van der Waals surface area contributed by atoms with Gasteiger partial charge in [0.2, 0.25) is 5.88 Å². The molecule has 0 aliphatic rings. The molecule has 8 heteroatoms. The van der Waals surface area contributed by atoms with Crippen LogP contribution in [0.15, 0.2) is 90.0 Å². The van der Waals surface area contributed by atoms with Crippen LogP contribution < -0.4 is 9.47 Å². The maximum Gasteiger partial charge on any atom is 0.309 e. The molecule has 0 spiro atoms. The number of hydrogen-bond acceptors (Lipinski definition) is 6. The summed E-state index contributed by atoms with van der Waals surface area (Å²) >= 11 is 1.77. The molecular weight excluding hydrogens is 582 g/mol. The van der Waals surface area contributed by atoms with Crippen LogP contribution in [0.2, 0.25) is 0 Å². The molecule has 45 heavy (non-hydrogen) atoms. The fourth-order valence-corrected chi connectivity index (χ4v) is 6.42. The minimum atomic E-state index is -0.964. The van der Waals surface area contributed by atoms with E-state index in [-0.39, 0.29) is 10.9 Å². The average Bonchev–Trinajstić information content (AvgIpc) is 3.27. The Morgan fingerprint density at radius 3 is 2.38 bits per heavy atom. The van der Waals surface area contributed by atoms with E-state index in [0.717, 1.165) is 49.8 Å². The second-order valence-corrected chi connectivity index (χ2v) is 14.7. The number of nitrogens with zero attached hydrogens (tertiary/aromatic N) is 3. The molecular formula is C37H41N3O4S. The first-order chi connectivity index (χ1) is 21.3. The quantitative estimate of drug-likeness (QED) is 0.147. The van der Waals surface area contributed by atoms with Crippen LogP contribution in [0.5, 0.6) is 11.6 Å². The molecule has 234 valence electrons. The zero-order chi connectivity index (χ0) is 32.4. The average molecular weight is 624 g/mol. The molecule has 5 aromatic rings. The Morgan fingerprint density at radius 1 is 0.978 bits per heavy atom. The lowest BCUT2D eigenvalue weighted by atomic mass is 9.88. The van der Waals surface area contributed by atoms with Crippen LogP contribution in [-0.4, -0.2) is 37.5 Å². The molecule has 1 atom stereocenters. The molecule has 3 aromatic heterocycles. The fourth-order valence-electron chi connectivity index (χ4n) is 5.23. The molecule has 2 aromatic carbocycles. The van der Waals surface area contributed by atoms with Crippen molar-refractivity contribution in [2.45, 2.75) is 70.3 Å². The van der Waals surface area contributed by atoms with Crippen molar-refractivity contribution < 1.29 is 19.4 Å². The summed E-state index contributed by atoms with van der Waals surface area (Å²) in [4.78, 5) is 22.5. The third kappa shape index (κ3) is 7.51. The summed E-state index contributed by atoms with van der Waals surface area (Å²) in [5, 5.41) is 11.2. The Labute approximate surface area is 269 Å². The van der Waals surface area contributed by atoms with Crippen molar-refractivity contribution in [3.63, 3.8) is 0 Å². The van der Waals surface area contributed by atoms with E-state index in [4.69, 9.17) is 9.47 Å². The minimum Gasteiger partial charge on any atom is -0.484 e. The molecule has 3 heterocycles. The third-order valence-electron chi connectivity index (χ3n) is 7.63. The Balaban J connectivity index is 1.60. The van der Waals surface area contributed by atoms with Crippen LogP contribution >= 0.6 is 11.8 Å². The Kier molecular flexibility index (Phi) is 9.26. The summed E-state index contributed by atoms with van der Waals surface area (Å²) in [6.07, 6.45) is 1.92. The van der Waals surface area contributed by atoms with Crippen LogP contribution in [0.25, 0.3) is 22.2 Å². The van der Waals surface area contributed by atoms with Gasteiger partial charge < -0.3 is 19.1 Å². The number of rotatable bonds is 11. The van der Waals surface area contributed by atoms with E-state index in [1.54, 1.807) is 38.9 Å². The largest absolute Gasteiger partial charge is 0.484 e. The zero-order valence-corrected chi connectivity index (χ0v) is 27.8. The van der Waals surface area contributed by atoms with Gasteiger partial charge in [0.1, 0.15) is 11.9 Å².